The first-order chi connectivity index (χ1) is 13.0. The second-order valence-corrected chi connectivity index (χ2v) is 6.71. The van der Waals surface area contributed by atoms with E-state index in [9.17, 15) is 8.78 Å². The molecule has 1 heterocycles. The van der Waals surface area contributed by atoms with Crippen molar-refractivity contribution < 1.29 is 13.5 Å². The average molecular weight is 502 g/mol. The molecule has 8 heteroatoms. The van der Waals surface area contributed by atoms with Gasteiger partial charge < -0.3 is 20.7 Å². The summed E-state index contributed by atoms with van der Waals surface area (Å²) in [6, 6.07) is 11.0. The largest absolute Gasteiger partial charge is 0.493 e. The van der Waals surface area contributed by atoms with Crippen molar-refractivity contribution in [2.45, 2.75) is 18.5 Å². The quantitative estimate of drug-likeness (QED) is 0.373. The molecule has 3 N–H and O–H groups in total. The van der Waals surface area contributed by atoms with E-state index in [2.05, 4.69) is 10.3 Å². The number of rotatable bonds is 5. The third-order valence-electron chi connectivity index (χ3n) is 4.67. The number of halogens is 3. The Labute approximate surface area is 181 Å². The lowest BCUT2D eigenvalue weighted by Crippen LogP contribution is -2.38. The Bertz CT molecular complexity index is 811. The van der Waals surface area contributed by atoms with Gasteiger partial charge in [0.05, 0.1) is 25.2 Å². The monoisotopic (exact) mass is 502 g/mol. The van der Waals surface area contributed by atoms with E-state index in [4.69, 9.17) is 10.5 Å². The summed E-state index contributed by atoms with van der Waals surface area (Å²) in [6.07, 6.45) is 0.756. The second kappa shape index (κ2) is 10.0. The molecule has 2 atom stereocenters. The molecule has 0 bridgehead atoms. The molecule has 2 aromatic rings. The topological polar surface area (TPSA) is 62.9 Å². The van der Waals surface area contributed by atoms with Crippen molar-refractivity contribution in [2.24, 2.45) is 10.7 Å². The van der Waals surface area contributed by atoms with Crippen LogP contribution in [0.2, 0.25) is 0 Å². The molecule has 1 aliphatic heterocycles. The van der Waals surface area contributed by atoms with Crippen molar-refractivity contribution in [3.63, 3.8) is 0 Å². The molecule has 0 saturated carbocycles. The van der Waals surface area contributed by atoms with Crippen molar-refractivity contribution in [3.05, 3.63) is 65.2 Å². The normalized spacial score (nSPS) is 17.3. The van der Waals surface area contributed by atoms with Crippen LogP contribution in [-0.2, 0) is 0 Å². The van der Waals surface area contributed by atoms with Crippen LogP contribution in [-0.4, -0.2) is 38.1 Å². The fraction of sp³-hybridized carbons (Fsp3) is 0.350. The molecule has 0 saturated heterocycles. The summed E-state index contributed by atoms with van der Waals surface area (Å²) >= 11 is 0. The number of hydrogen-bond donors (Lipinski definition) is 2. The van der Waals surface area contributed by atoms with Crippen molar-refractivity contribution in [1.29, 1.82) is 0 Å². The summed E-state index contributed by atoms with van der Waals surface area (Å²) in [5.74, 6) is -0.114. The first-order valence-electron chi connectivity index (χ1n) is 8.86. The lowest BCUT2D eigenvalue weighted by atomic mass is 10.0. The maximum Gasteiger partial charge on any atom is 0.189 e. The number of hydrogen-bond acceptors (Lipinski definition) is 3. The molecule has 0 aliphatic carbocycles. The molecule has 0 spiro atoms. The predicted octanol–water partition coefficient (Wildman–Crippen LogP) is 3.61. The minimum Gasteiger partial charge on any atom is -0.493 e. The third kappa shape index (κ3) is 5.11. The summed E-state index contributed by atoms with van der Waals surface area (Å²) in [4.78, 5) is 6.06. The molecular weight excluding hydrogens is 477 g/mol. The fourth-order valence-corrected chi connectivity index (χ4v) is 3.24. The van der Waals surface area contributed by atoms with Gasteiger partial charge in [0.2, 0.25) is 0 Å². The Kier molecular flexibility index (Phi) is 7.99. The molecule has 0 fully saturated rings. The maximum absolute atomic E-state index is 14.1. The zero-order valence-corrected chi connectivity index (χ0v) is 18.2. The summed E-state index contributed by atoms with van der Waals surface area (Å²) < 4.78 is 33.9. The van der Waals surface area contributed by atoms with Gasteiger partial charge in [-0.05, 0) is 32.3 Å². The van der Waals surface area contributed by atoms with Crippen LogP contribution in [0.15, 0.2) is 47.5 Å². The average Bonchev–Trinajstić information content (AvgIpc) is 2.64. The first kappa shape index (κ1) is 22.4. The first-order valence-corrected chi connectivity index (χ1v) is 8.86. The van der Waals surface area contributed by atoms with Crippen LogP contribution in [0.1, 0.15) is 29.6 Å². The van der Waals surface area contributed by atoms with Crippen molar-refractivity contribution >= 4 is 29.9 Å². The van der Waals surface area contributed by atoms with Crippen LogP contribution in [0.3, 0.4) is 0 Å². The van der Waals surface area contributed by atoms with Gasteiger partial charge in [-0.1, -0.05) is 24.3 Å². The molecule has 152 valence electrons. The van der Waals surface area contributed by atoms with Gasteiger partial charge in [-0.25, -0.2) is 8.78 Å². The van der Waals surface area contributed by atoms with Gasteiger partial charge in [-0.2, -0.15) is 0 Å². The lowest BCUT2D eigenvalue weighted by Gasteiger charge is -2.27. The number of guanidine groups is 1. The maximum atomic E-state index is 14.1. The van der Waals surface area contributed by atoms with E-state index in [1.807, 2.05) is 24.3 Å². The summed E-state index contributed by atoms with van der Waals surface area (Å²) in [5.41, 5.74) is 7.07. The van der Waals surface area contributed by atoms with Crippen LogP contribution < -0.4 is 15.8 Å². The molecule has 28 heavy (non-hydrogen) atoms. The van der Waals surface area contributed by atoms with Gasteiger partial charge in [0, 0.05) is 17.5 Å². The smallest absolute Gasteiger partial charge is 0.189 e. The number of ether oxygens (including phenoxy) is 1. The number of aliphatic imine (C=N–C) groups is 1. The number of nitrogens with zero attached hydrogens (tertiary/aromatic N) is 2. The number of nitrogens with two attached hydrogens (primary N) is 1. The van der Waals surface area contributed by atoms with Gasteiger partial charge in [0.15, 0.2) is 5.96 Å². The molecule has 5 nitrogen and oxygen atoms in total. The van der Waals surface area contributed by atoms with Crippen molar-refractivity contribution in [2.75, 3.05) is 27.2 Å². The van der Waals surface area contributed by atoms with Gasteiger partial charge in [0.25, 0.3) is 0 Å². The lowest BCUT2D eigenvalue weighted by molar-refractivity contribution is 0.261. The van der Waals surface area contributed by atoms with Gasteiger partial charge in [0.1, 0.15) is 17.4 Å². The number of benzene rings is 2. The highest BCUT2D eigenvalue weighted by atomic mass is 127. The van der Waals surface area contributed by atoms with E-state index in [-0.39, 0.29) is 48.1 Å². The summed E-state index contributed by atoms with van der Waals surface area (Å²) in [6.45, 7) is 0.720. The van der Waals surface area contributed by atoms with E-state index in [1.54, 1.807) is 19.0 Å². The van der Waals surface area contributed by atoms with Crippen LogP contribution >= 0.6 is 24.0 Å². The van der Waals surface area contributed by atoms with Crippen molar-refractivity contribution in [3.8, 4) is 5.75 Å². The zero-order chi connectivity index (χ0) is 19.4. The van der Waals surface area contributed by atoms with E-state index < -0.39 is 17.7 Å². The Morgan fingerprint density at radius 3 is 2.57 bits per heavy atom. The molecule has 0 amide bonds. The van der Waals surface area contributed by atoms with Gasteiger partial charge >= 0.3 is 0 Å². The highest BCUT2D eigenvalue weighted by Gasteiger charge is 2.23. The molecule has 2 aromatic carbocycles. The predicted molar refractivity (Wildman–Crippen MR) is 117 cm³/mol. The number of para-hydroxylation sites is 1. The van der Waals surface area contributed by atoms with Crippen molar-refractivity contribution in [1.82, 2.24) is 10.2 Å². The molecule has 3 rings (SSSR count). The van der Waals surface area contributed by atoms with Crippen LogP contribution in [0.4, 0.5) is 8.78 Å². The Morgan fingerprint density at radius 2 is 1.89 bits per heavy atom. The zero-order valence-electron chi connectivity index (χ0n) is 15.9. The second-order valence-electron chi connectivity index (χ2n) is 6.71. The van der Waals surface area contributed by atoms with E-state index in [0.717, 1.165) is 17.7 Å². The van der Waals surface area contributed by atoms with E-state index in [1.165, 1.54) is 18.2 Å². The number of likely N-dealkylation sites (N-methyl/N-ethyl adjacent to an activating group) is 1. The summed E-state index contributed by atoms with van der Waals surface area (Å²) in [7, 11) is 3.51. The molecule has 0 radical (unpaired) electrons. The Balaban J connectivity index is 0.00000280. The molecule has 1 aliphatic rings. The molecule has 2 unspecified atom stereocenters. The number of nitrogens with one attached hydrogen (secondary N) is 1. The van der Waals surface area contributed by atoms with Gasteiger partial charge in [-0.15, -0.1) is 24.0 Å². The highest BCUT2D eigenvalue weighted by molar-refractivity contribution is 14.0. The molecular formula is C20H25F2IN4O. The summed E-state index contributed by atoms with van der Waals surface area (Å²) in [5, 5.41) is 3.19. The highest BCUT2D eigenvalue weighted by Crippen LogP contribution is 2.31. The van der Waals surface area contributed by atoms with Crippen LogP contribution in [0.5, 0.6) is 5.75 Å². The number of fused-ring (bicyclic) bond motifs is 1. The Hall–Kier alpha value is -1.94. The van der Waals surface area contributed by atoms with E-state index in [0.29, 0.717) is 6.61 Å². The van der Waals surface area contributed by atoms with E-state index >= 15 is 0 Å². The molecule has 0 aromatic heterocycles. The third-order valence-corrected chi connectivity index (χ3v) is 4.67. The Morgan fingerprint density at radius 1 is 1.21 bits per heavy atom. The van der Waals surface area contributed by atoms with Crippen LogP contribution in [0.25, 0.3) is 0 Å². The minimum absolute atomic E-state index is 0. The fourth-order valence-electron chi connectivity index (χ4n) is 3.24. The SMILES string of the molecule is CN(C)C(CN=C(N)NC1CCOc2ccccc21)c1c(F)cccc1F.I. The minimum atomic E-state index is -0.589. The van der Waals surface area contributed by atoms with Gasteiger partial charge in [-0.3, -0.25) is 4.99 Å². The van der Waals surface area contributed by atoms with Crippen LogP contribution in [0, 0.1) is 11.6 Å². The standard InChI is InChI=1S/C20H24F2N4O.HI/c1-26(2)17(19-14(21)7-5-8-15(19)22)12-24-20(23)25-16-10-11-27-18-9-4-3-6-13(16)18;/h3-9,16-17H,10-12H2,1-2H3,(H3,23,24,25);1H.